The van der Waals surface area contributed by atoms with Crippen LogP contribution in [0.4, 0.5) is 15.0 Å². The van der Waals surface area contributed by atoms with Gasteiger partial charge >= 0.3 is 11.8 Å². The number of anilines is 1. The number of carbonyl (C=O) groups is 1. The molecule has 5 heterocycles. The van der Waals surface area contributed by atoms with Crippen molar-refractivity contribution in [2.24, 2.45) is 0 Å². The van der Waals surface area contributed by atoms with Gasteiger partial charge in [0.25, 0.3) is 0 Å². The van der Waals surface area contributed by atoms with E-state index in [0.29, 0.717) is 30.0 Å². The first kappa shape index (κ1) is 28.8. The van der Waals surface area contributed by atoms with Gasteiger partial charge in [0, 0.05) is 37.6 Å². The minimum Gasteiger partial charge on any atom is -0.489 e. The molecule has 6 rings (SSSR count). The lowest BCUT2D eigenvalue weighted by molar-refractivity contribution is 0.0202. The number of halogens is 2. The van der Waals surface area contributed by atoms with Crippen molar-refractivity contribution in [3.05, 3.63) is 63.7 Å². The third-order valence-corrected chi connectivity index (χ3v) is 7.67. The Balaban J connectivity index is 1.58. The van der Waals surface area contributed by atoms with Crippen molar-refractivity contribution in [3.8, 4) is 22.8 Å². The fourth-order valence-electron chi connectivity index (χ4n) is 5.42. The summed E-state index contributed by atoms with van der Waals surface area (Å²) in [5.74, 6) is 0.183. The molecule has 0 spiro atoms. The van der Waals surface area contributed by atoms with Crippen LogP contribution in [0.5, 0.6) is 5.75 Å². The Morgan fingerprint density at radius 2 is 1.86 bits per heavy atom. The van der Waals surface area contributed by atoms with E-state index in [1.54, 1.807) is 29.3 Å². The van der Waals surface area contributed by atoms with Gasteiger partial charge in [0.2, 0.25) is 0 Å². The molecule has 0 bridgehead atoms. The van der Waals surface area contributed by atoms with Crippen molar-refractivity contribution in [2.45, 2.75) is 52.2 Å². The number of fused-ring (bicyclic) bond motifs is 2. The lowest BCUT2D eigenvalue weighted by Crippen LogP contribution is -2.57. The molecule has 1 saturated heterocycles. The highest BCUT2D eigenvalue weighted by Gasteiger charge is 2.38. The van der Waals surface area contributed by atoms with Crippen LogP contribution in [0.3, 0.4) is 0 Å². The molecule has 0 saturated carbocycles. The molecule has 1 aromatic carbocycles. The summed E-state index contributed by atoms with van der Waals surface area (Å²) >= 11 is 6.94. The molecule has 43 heavy (non-hydrogen) atoms. The van der Waals surface area contributed by atoms with Crippen LogP contribution in [0.25, 0.3) is 28.1 Å². The second-order valence-electron chi connectivity index (χ2n) is 11.8. The van der Waals surface area contributed by atoms with Crippen molar-refractivity contribution < 1.29 is 18.7 Å². The molecule has 0 N–H and O–H groups in total. The largest absolute Gasteiger partial charge is 0.489 e. The van der Waals surface area contributed by atoms with Crippen LogP contribution in [0.1, 0.15) is 46.2 Å². The molecule has 0 unspecified atom stereocenters. The van der Waals surface area contributed by atoms with Crippen LogP contribution in [-0.4, -0.2) is 73.4 Å². The number of hydrogen-bond acceptors (Lipinski definition) is 9. The third-order valence-electron chi connectivity index (χ3n) is 7.32. The van der Waals surface area contributed by atoms with Crippen molar-refractivity contribution in [1.29, 1.82) is 0 Å². The summed E-state index contributed by atoms with van der Waals surface area (Å²) in [5, 5.41) is 0.469. The minimum absolute atomic E-state index is 0.0814. The average Bonchev–Trinajstić information content (AvgIpc) is 3.11. The Morgan fingerprint density at radius 3 is 2.58 bits per heavy atom. The highest BCUT2D eigenvalue weighted by atomic mass is 35.5. The van der Waals surface area contributed by atoms with E-state index in [-0.39, 0.29) is 58.6 Å². The predicted molar refractivity (Wildman–Crippen MR) is 160 cm³/mol. The normalized spacial score (nSPS) is 16.6. The van der Waals surface area contributed by atoms with Gasteiger partial charge in [-0.15, -0.1) is 0 Å². The standard InChI is InChI=1S/C30H31ClFN7O4/c1-16(2)22-27(34-11-10-33-22)39-26-20-24(21(31)23(35-26)18-8-6-7-9-19(18)32)42-15-17-14-37(29(41)43-30(3,4)5)12-13-38(17)25(20)36-28(39)40/h6-11,16-17H,12-15H2,1-5H3/t17-/m1/s1. The average molecular weight is 608 g/mol. The number of carbonyl (C=O) groups excluding carboxylic acids is 1. The van der Waals surface area contributed by atoms with Gasteiger partial charge in [-0.3, -0.25) is 4.98 Å². The number of aromatic nitrogens is 5. The van der Waals surface area contributed by atoms with Crippen molar-refractivity contribution >= 4 is 34.5 Å². The molecule has 0 aliphatic carbocycles. The van der Waals surface area contributed by atoms with Gasteiger partial charge in [-0.1, -0.05) is 37.6 Å². The van der Waals surface area contributed by atoms with Gasteiger partial charge in [-0.25, -0.2) is 28.5 Å². The SMILES string of the molecule is CC(C)c1nccnc1-n1c(=O)nc2c3c(c(Cl)c(-c4ccccc4F)nc31)OC[C@H]1CN(C(=O)OC(C)(C)C)CCN21. The van der Waals surface area contributed by atoms with E-state index in [2.05, 4.69) is 15.0 Å². The maximum atomic E-state index is 15.1. The minimum atomic E-state index is -0.653. The van der Waals surface area contributed by atoms with Gasteiger partial charge < -0.3 is 19.3 Å². The van der Waals surface area contributed by atoms with E-state index in [9.17, 15) is 9.59 Å². The molecule has 13 heteroatoms. The molecule has 1 atom stereocenters. The number of piperazine rings is 1. The zero-order valence-corrected chi connectivity index (χ0v) is 25.2. The highest BCUT2D eigenvalue weighted by molar-refractivity contribution is 6.36. The van der Waals surface area contributed by atoms with Crippen LogP contribution < -0.4 is 15.3 Å². The number of hydrogen-bond donors (Lipinski definition) is 0. The second-order valence-corrected chi connectivity index (χ2v) is 12.2. The van der Waals surface area contributed by atoms with Gasteiger partial charge in [0.1, 0.15) is 34.3 Å². The smallest absolute Gasteiger partial charge is 0.410 e. The predicted octanol–water partition coefficient (Wildman–Crippen LogP) is 4.97. The van der Waals surface area contributed by atoms with Crippen LogP contribution in [0.15, 0.2) is 41.5 Å². The maximum Gasteiger partial charge on any atom is 0.410 e. The first-order chi connectivity index (χ1) is 20.4. The van der Waals surface area contributed by atoms with Crippen molar-refractivity contribution in [1.82, 2.24) is 29.4 Å². The van der Waals surface area contributed by atoms with E-state index in [1.807, 2.05) is 39.5 Å². The lowest BCUT2D eigenvalue weighted by atomic mass is 10.1. The number of benzene rings is 1. The maximum absolute atomic E-state index is 15.1. The summed E-state index contributed by atoms with van der Waals surface area (Å²) in [6.07, 6.45) is 2.61. The summed E-state index contributed by atoms with van der Waals surface area (Å²) in [5.41, 5.74) is -0.317. The first-order valence-electron chi connectivity index (χ1n) is 14.0. The Bertz CT molecular complexity index is 1810. The third kappa shape index (κ3) is 5.13. The Morgan fingerprint density at radius 1 is 1.12 bits per heavy atom. The Hall–Kier alpha value is -4.32. The number of nitrogens with zero attached hydrogens (tertiary/aromatic N) is 7. The first-order valence-corrected chi connectivity index (χ1v) is 14.4. The van der Waals surface area contributed by atoms with Crippen molar-refractivity contribution in [2.75, 3.05) is 31.1 Å². The fraction of sp³-hybridized carbons (Fsp3) is 0.400. The highest BCUT2D eigenvalue weighted by Crippen LogP contribution is 2.45. The summed E-state index contributed by atoms with van der Waals surface area (Å²) in [6, 6.07) is 5.74. The number of ether oxygens (including phenoxy) is 2. The summed E-state index contributed by atoms with van der Waals surface area (Å²) in [4.78, 5) is 48.7. The zero-order valence-electron chi connectivity index (χ0n) is 24.5. The molecule has 1 fully saturated rings. The van der Waals surface area contributed by atoms with Crippen LogP contribution in [-0.2, 0) is 4.74 Å². The molecule has 11 nitrogen and oxygen atoms in total. The van der Waals surface area contributed by atoms with E-state index in [4.69, 9.17) is 26.1 Å². The number of amides is 1. The molecule has 3 aromatic heterocycles. The molecular formula is C30H31ClFN7O4. The summed E-state index contributed by atoms with van der Waals surface area (Å²) in [7, 11) is 0. The topological polar surface area (TPSA) is 116 Å². The van der Waals surface area contributed by atoms with Gasteiger partial charge in [-0.2, -0.15) is 4.98 Å². The van der Waals surface area contributed by atoms with Crippen LogP contribution in [0.2, 0.25) is 5.02 Å². The van der Waals surface area contributed by atoms with E-state index < -0.39 is 23.2 Å². The van der Waals surface area contributed by atoms with E-state index in [0.717, 1.165) is 0 Å². The van der Waals surface area contributed by atoms with Crippen molar-refractivity contribution in [3.63, 3.8) is 0 Å². The fourth-order valence-corrected chi connectivity index (χ4v) is 5.71. The molecule has 4 aromatic rings. The van der Waals surface area contributed by atoms with E-state index in [1.165, 1.54) is 16.8 Å². The van der Waals surface area contributed by atoms with Gasteiger partial charge in [-0.05, 0) is 38.8 Å². The van der Waals surface area contributed by atoms with E-state index >= 15 is 4.39 Å². The monoisotopic (exact) mass is 607 g/mol. The molecule has 0 radical (unpaired) electrons. The summed E-state index contributed by atoms with van der Waals surface area (Å²) in [6.45, 7) is 10.4. The molecule has 224 valence electrons. The zero-order chi connectivity index (χ0) is 30.6. The lowest BCUT2D eigenvalue weighted by Gasteiger charge is -2.41. The molecule has 2 aliphatic rings. The molecule has 2 aliphatic heterocycles. The second kappa shape index (κ2) is 10.7. The Kier molecular flexibility index (Phi) is 7.19. The summed E-state index contributed by atoms with van der Waals surface area (Å²) < 4.78 is 28.3. The van der Waals surface area contributed by atoms with Gasteiger partial charge in [0.05, 0.1) is 17.4 Å². The molecule has 1 amide bonds. The van der Waals surface area contributed by atoms with Crippen LogP contribution >= 0.6 is 11.6 Å². The number of pyridine rings is 1. The Labute approximate surface area is 252 Å². The molecular weight excluding hydrogens is 577 g/mol. The number of rotatable bonds is 3. The quantitative estimate of drug-likeness (QED) is 0.318. The van der Waals surface area contributed by atoms with Gasteiger partial charge in [0.15, 0.2) is 17.2 Å². The van der Waals surface area contributed by atoms with Crippen LogP contribution in [0, 0.1) is 5.82 Å².